The predicted octanol–water partition coefficient (Wildman–Crippen LogP) is 3.01. The number of hydrogen-bond acceptors (Lipinski definition) is 2. The number of fused-ring (bicyclic) bond motifs is 1. The molecule has 1 aromatic carbocycles. The number of H-pyrrole nitrogens is 1. The van der Waals surface area contributed by atoms with E-state index < -0.39 is 0 Å². The van der Waals surface area contributed by atoms with Crippen molar-refractivity contribution >= 4 is 16.8 Å². The first kappa shape index (κ1) is 12.5. The number of nitrogens with one attached hydrogen (secondary N) is 2. The lowest BCUT2D eigenvalue weighted by molar-refractivity contribution is -0.121. The van der Waals surface area contributed by atoms with Crippen LogP contribution in [-0.2, 0) is 17.8 Å². The van der Waals surface area contributed by atoms with Crippen molar-refractivity contribution in [2.24, 2.45) is 0 Å². The molecule has 0 saturated carbocycles. The van der Waals surface area contributed by atoms with Gasteiger partial charge < -0.3 is 14.7 Å². The maximum atomic E-state index is 11.8. The van der Waals surface area contributed by atoms with Gasteiger partial charge in [-0.1, -0.05) is 18.2 Å². The Hall–Kier alpha value is -2.49. The normalized spacial score (nSPS) is 10.8. The standard InChI is InChI=1S/C16H16N2O2/c19-16(8-7-13-4-3-9-20-13)18-11-12-10-17-15-6-2-1-5-14(12)15/h1-6,9-10,17H,7-8,11H2,(H,18,19). The molecule has 1 amide bonds. The lowest BCUT2D eigenvalue weighted by Crippen LogP contribution is -2.22. The molecule has 2 heterocycles. The molecule has 0 aliphatic heterocycles. The molecule has 0 fully saturated rings. The van der Waals surface area contributed by atoms with Gasteiger partial charge in [0.15, 0.2) is 0 Å². The molecule has 0 bridgehead atoms. The first-order valence-corrected chi connectivity index (χ1v) is 6.67. The highest BCUT2D eigenvalue weighted by Gasteiger charge is 2.06. The van der Waals surface area contributed by atoms with Crippen molar-refractivity contribution in [3.63, 3.8) is 0 Å². The molecule has 4 nitrogen and oxygen atoms in total. The fourth-order valence-corrected chi connectivity index (χ4v) is 2.25. The van der Waals surface area contributed by atoms with E-state index in [1.54, 1.807) is 6.26 Å². The van der Waals surface area contributed by atoms with Crippen molar-refractivity contribution in [3.8, 4) is 0 Å². The topological polar surface area (TPSA) is 58.0 Å². The quantitative estimate of drug-likeness (QED) is 0.747. The smallest absolute Gasteiger partial charge is 0.220 e. The molecule has 0 atom stereocenters. The third-order valence-corrected chi connectivity index (χ3v) is 3.33. The molecular weight excluding hydrogens is 252 g/mol. The van der Waals surface area contributed by atoms with Crippen LogP contribution >= 0.6 is 0 Å². The molecule has 20 heavy (non-hydrogen) atoms. The van der Waals surface area contributed by atoms with Gasteiger partial charge >= 0.3 is 0 Å². The zero-order valence-corrected chi connectivity index (χ0v) is 11.1. The van der Waals surface area contributed by atoms with Gasteiger partial charge in [0.2, 0.25) is 5.91 Å². The molecule has 0 spiro atoms. The molecule has 2 aromatic heterocycles. The largest absolute Gasteiger partial charge is 0.469 e. The number of para-hydroxylation sites is 1. The zero-order chi connectivity index (χ0) is 13.8. The lowest BCUT2D eigenvalue weighted by Gasteiger charge is -2.03. The van der Waals surface area contributed by atoms with Crippen LogP contribution in [0, 0.1) is 0 Å². The average Bonchev–Trinajstić information content (AvgIpc) is 3.12. The minimum Gasteiger partial charge on any atom is -0.469 e. The Morgan fingerprint density at radius 1 is 1.20 bits per heavy atom. The van der Waals surface area contributed by atoms with E-state index in [0.29, 0.717) is 19.4 Å². The van der Waals surface area contributed by atoms with Gasteiger partial charge in [0.25, 0.3) is 0 Å². The van der Waals surface area contributed by atoms with Crippen LogP contribution in [0.15, 0.2) is 53.3 Å². The fraction of sp³-hybridized carbons (Fsp3) is 0.188. The molecular formula is C16H16N2O2. The van der Waals surface area contributed by atoms with Crippen LogP contribution in [0.1, 0.15) is 17.7 Å². The number of benzene rings is 1. The molecule has 3 aromatic rings. The third-order valence-electron chi connectivity index (χ3n) is 3.33. The summed E-state index contributed by atoms with van der Waals surface area (Å²) in [5.74, 6) is 0.874. The van der Waals surface area contributed by atoms with Crippen molar-refractivity contribution in [1.29, 1.82) is 0 Å². The van der Waals surface area contributed by atoms with E-state index in [2.05, 4.69) is 16.4 Å². The molecule has 2 N–H and O–H groups in total. The van der Waals surface area contributed by atoms with Crippen LogP contribution < -0.4 is 5.32 Å². The number of carbonyl (C=O) groups excluding carboxylic acids is 1. The van der Waals surface area contributed by atoms with E-state index in [1.807, 2.05) is 36.5 Å². The SMILES string of the molecule is O=C(CCc1ccco1)NCc1c[nH]c2ccccc12. The Kier molecular flexibility index (Phi) is 3.54. The van der Waals surface area contributed by atoms with Crippen LogP contribution in [0.5, 0.6) is 0 Å². The number of aromatic nitrogens is 1. The highest BCUT2D eigenvalue weighted by atomic mass is 16.3. The van der Waals surface area contributed by atoms with Crippen LogP contribution in [0.4, 0.5) is 0 Å². The van der Waals surface area contributed by atoms with Gasteiger partial charge in [-0.3, -0.25) is 4.79 Å². The Morgan fingerprint density at radius 3 is 2.95 bits per heavy atom. The number of carbonyl (C=O) groups is 1. The third kappa shape index (κ3) is 2.74. The van der Waals surface area contributed by atoms with E-state index >= 15 is 0 Å². The number of hydrogen-bond donors (Lipinski definition) is 2. The molecule has 0 unspecified atom stereocenters. The molecule has 0 aliphatic rings. The highest BCUT2D eigenvalue weighted by molar-refractivity contribution is 5.84. The second kappa shape index (κ2) is 5.65. The van der Waals surface area contributed by atoms with Crippen molar-refractivity contribution in [2.75, 3.05) is 0 Å². The van der Waals surface area contributed by atoms with Gasteiger partial charge in [-0.05, 0) is 23.8 Å². The summed E-state index contributed by atoms with van der Waals surface area (Å²) >= 11 is 0. The molecule has 0 radical (unpaired) electrons. The summed E-state index contributed by atoms with van der Waals surface area (Å²) in [5.41, 5.74) is 2.19. The maximum absolute atomic E-state index is 11.8. The zero-order valence-electron chi connectivity index (χ0n) is 11.1. The number of furan rings is 1. The van der Waals surface area contributed by atoms with Gasteiger partial charge in [-0.2, -0.15) is 0 Å². The first-order valence-electron chi connectivity index (χ1n) is 6.67. The fourth-order valence-electron chi connectivity index (χ4n) is 2.25. The molecule has 0 aliphatic carbocycles. The molecule has 4 heteroatoms. The van der Waals surface area contributed by atoms with E-state index in [4.69, 9.17) is 4.42 Å². The number of rotatable bonds is 5. The van der Waals surface area contributed by atoms with Crippen molar-refractivity contribution in [3.05, 3.63) is 60.2 Å². The monoisotopic (exact) mass is 268 g/mol. The number of aryl methyl sites for hydroxylation is 1. The van der Waals surface area contributed by atoms with Crippen molar-refractivity contribution in [2.45, 2.75) is 19.4 Å². The Balaban J connectivity index is 1.55. The van der Waals surface area contributed by atoms with Crippen LogP contribution in [-0.4, -0.2) is 10.9 Å². The molecule has 102 valence electrons. The lowest BCUT2D eigenvalue weighted by atomic mass is 10.1. The van der Waals surface area contributed by atoms with Gasteiger partial charge in [0, 0.05) is 36.5 Å². The van der Waals surface area contributed by atoms with E-state index in [0.717, 1.165) is 22.2 Å². The summed E-state index contributed by atoms with van der Waals surface area (Å²) in [7, 11) is 0. The summed E-state index contributed by atoms with van der Waals surface area (Å²) in [6.07, 6.45) is 4.64. The van der Waals surface area contributed by atoms with Crippen molar-refractivity contribution < 1.29 is 9.21 Å². The first-order chi connectivity index (χ1) is 9.83. The van der Waals surface area contributed by atoms with E-state index in [-0.39, 0.29) is 5.91 Å². The van der Waals surface area contributed by atoms with Gasteiger partial charge in [-0.25, -0.2) is 0 Å². The summed E-state index contributed by atoms with van der Waals surface area (Å²) in [6, 6.07) is 11.8. The van der Waals surface area contributed by atoms with E-state index in [9.17, 15) is 4.79 Å². The number of aromatic amines is 1. The summed E-state index contributed by atoms with van der Waals surface area (Å²) in [5, 5.41) is 4.09. The van der Waals surface area contributed by atoms with Gasteiger partial charge in [0.05, 0.1) is 6.26 Å². The summed E-state index contributed by atoms with van der Waals surface area (Å²) in [4.78, 5) is 15.0. The second-order valence-corrected chi connectivity index (χ2v) is 4.72. The van der Waals surface area contributed by atoms with E-state index in [1.165, 1.54) is 0 Å². The van der Waals surface area contributed by atoms with Crippen LogP contribution in [0.25, 0.3) is 10.9 Å². The Labute approximate surface area is 116 Å². The minimum absolute atomic E-state index is 0.0340. The summed E-state index contributed by atoms with van der Waals surface area (Å²) < 4.78 is 5.21. The molecule has 3 rings (SSSR count). The highest BCUT2D eigenvalue weighted by Crippen LogP contribution is 2.17. The predicted molar refractivity (Wildman–Crippen MR) is 77.2 cm³/mol. The van der Waals surface area contributed by atoms with Crippen LogP contribution in [0.3, 0.4) is 0 Å². The van der Waals surface area contributed by atoms with Crippen molar-refractivity contribution in [1.82, 2.24) is 10.3 Å². The minimum atomic E-state index is 0.0340. The second-order valence-electron chi connectivity index (χ2n) is 4.72. The molecule has 0 saturated heterocycles. The maximum Gasteiger partial charge on any atom is 0.220 e. The van der Waals surface area contributed by atoms with Crippen LogP contribution in [0.2, 0.25) is 0 Å². The van der Waals surface area contributed by atoms with Gasteiger partial charge in [-0.15, -0.1) is 0 Å². The summed E-state index contributed by atoms with van der Waals surface area (Å²) in [6.45, 7) is 0.543. The average molecular weight is 268 g/mol. The number of amides is 1. The van der Waals surface area contributed by atoms with Gasteiger partial charge in [0.1, 0.15) is 5.76 Å². The Bertz CT molecular complexity index is 698. The Morgan fingerprint density at radius 2 is 2.10 bits per heavy atom.